The van der Waals surface area contributed by atoms with Crippen molar-refractivity contribution < 1.29 is 33.0 Å². The molecule has 1 aliphatic rings. The Labute approximate surface area is 178 Å². The number of aryl methyl sites for hydroxylation is 1. The van der Waals surface area contributed by atoms with E-state index in [1.165, 1.54) is 29.2 Å². The number of rotatable bonds is 8. The van der Waals surface area contributed by atoms with Crippen molar-refractivity contribution in [2.24, 2.45) is 0 Å². The zero-order valence-electron chi connectivity index (χ0n) is 17.3. The molecule has 0 saturated heterocycles. The molecule has 0 unspecified atom stereocenters. The predicted molar refractivity (Wildman–Crippen MR) is 110 cm³/mol. The van der Waals surface area contributed by atoms with E-state index >= 15 is 0 Å². The van der Waals surface area contributed by atoms with Crippen LogP contribution in [0.1, 0.15) is 46.0 Å². The third-order valence-corrected chi connectivity index (χ3v) is 4.87. The van der Waals surface area contributed by atoms with E-state index in [4.69, 9.17) is 9.47 Å². The van der Waals surface area contributed by atoms with Gasteiger partial charge in [0.2, 0.25) is 0 Å². The number of halogens is 1. The number of Topliss-reactive ketones (excluding diaryl/α,β-unsaturated/α-hetero) is 2. The summed E-state index contributed by atoms with van der Waals surface area (Å²) in [4.78, 5) is 50.4. The average Bonchev–Trinajstić information content (AvgIpc) is 2.75. The van der Waals surface area contributed by atoms with Crippen LogP contribution in [0.2, 0.25) is 0 Å². The summed E-state index contributed by atoms with van der Waals surface area (Å²) in [5.74, 6) is -1.62. The summed E-state index contributed by atoms with van der Waals surface area (Å²) in [6, 6.07) is 8.58. The van der Waals surface area contributed by atoms with Gasteiger partial charge in [-0.15, -0.1) is 0 Å². The highest BCUT2D eigenvalue weighted by Crippen LogP contribution is 2.33. The fourth-order valence-corrected chi connectivity index (χ4v) is 3.20. The van der Waals surface area contributed by atoms with Crippen LogP contribution in [0.4, 0.5) is 10.1 Å². The number of benzene rings is 2. The first kappa shape index (κ1) is 22.1. The second-order valence-corrected chi connectivity index (χ2v) is 7.07. The number of ether oxygens (including phenoxy) is 2. The lowest BCUT2D eigenvalue weighted by Gasteiger charge is -2.29. The fraction of sp³-hybridized carbons (Fsp3) is 0.304. The van der Waals surface area contributed by atoms with Crippen molar-refractivity contribution >= 4 is 29.1 Å². The lowest BCUT2D eigenvalue weighted by atomic mass is 10.0. The molecule has 1 heterocycles. The normalized spacial score (nSPS) is 12.7. The number of hydrogen-bond donors (Lipinski definition) is 0. The minimum Gasteiger partial charge on any atom is -0.482 e. The largest absolute Gasteiger partial charge is 0.482 e. The summed E-state index contributed by atoms with van der Waals surface area (Å²) in [5.41, 5.74) is 1.19. The molecule has 0 radical (unpaired) electrons. The first-order valence-corrected chi connectivity index (χ1v) is 9.85. The predicted octanol–water partition coefficient (Wildman–Crippen LogP) is 3.27. The molecule has 31 heavy (non-hydrogen) atoms. The number of fused-ring (bicyclic) bond motifs is 1. The zero-order chi connectivity index (χ0) is 22.5. The maximum Gasteiger partial charge on any atom is 0.306 e. The first-order chi connectivity index (χ1) is 14.8. The fourth-order valence-electron chi connectivity index (χ4n) is 3.20. The molecule has 0 bridgehead atoms. The molecule has 0 fully saturated rings. The molecule has 3 rings (SSSR count). The molecule has 162 valence electrons. The molecule has 0 spiro atoms. The van der Waals surface area contributed by atoms with Gasteiger partial charge in [0.05, 0.1) is 25.3 Å². The van der Waals surface area contributed by atoms with Crippen LogP contribution >= 0.6 is 0 Å². The van der Waals surface area contributed by atoms with Gasteiger partial charge in [-0.25, -0.2) is 4.39 Å². The number of amides is 1. The highest BCUT2D eigenvalue weighted by Gasteiger charge is 2.29. The Hall–Kier alpha value is -3.55. The zero-order valence-corrected chi connectivity index (χ0v) is 17.3. The van der Waals surface area contributed by atoms with E-state index in [9.17, 15) is 23.6 Å². The number of nitrogens with zero attached hydrogens (tertiary/aromatic N) is 1. The third-order valence-electron chi connectivity index (χ3n) is 4.87. The molecule has 0 aromatic heterocycles. The van der Waals surface area contributed by atoms with E-state index in [1.807, 2.05) is 0 Å². The van der Waals surface area contributed by atoms with Crippen molar-refractivity contribution in [2.45, 2.75) is 26.7 Å². The Bertz CT molecular complexity index is 1050. The van der Waals surface area contributed by atoms with Crippen molar-refractivity contribution in [3.63, 3.8) is 0 Å². The van der Waals surface area contributed by atoms with Crippen molar-refractivity contribution in [2.75, 3.05) is 24.7 Å². The molecule has 0 aliphatic carbocycles. The molecule has 2 aromatic rings. The van der Waals surface area contributed by atoms with Crippen LogP contribution in [0, 0.1) is 12.7 Å². The van der Waals surface area contributed by atoms with Gasteiger partial charge in [-0.3, -0.25) is 24.1 Å². The van der Waals surface area contributed by atoms with E-state index in [2.05, 4.69) is 0 Å². The first-order valence-electron chi connectivity index (χ1n) is 9.85. The van der Waals surface area contributed by atoms with Gasteiger partial charge < -0.3 is 9.47 Å². The molecule has 2 aromatic carbocycles. The summed E-state index contributed by atoms with van der Waals surface area (Å²) in [5, 5.41) is 0. The Morgan fingerprint density at radius 1 is 1.06 bits per heavy atom. The highest BCUT2D eigenvalue weighted by atomic mass is 19.1. The van der Waals surface area contributed by atoms with Crippen LogP contribution in [-0.4, -0.2) is 43.2 Å². The van der Waals surface area contributed by atoms with Crippen LogP contribution in [0.5, 0.6) is 5.75 Å². The van der Waals surface area contributed by atoms with Gasteiger partial charge in [-0.2, -0.15) is 0 Å². The second-order valence-electron chi connectivity index (χ2n) is 7.07. The molecular formula is C23H22FNO6. The second kappa shape index (κ2) is 9.51. The molecular weight excluding hydrogens is 405 g/mol. The number of esters is 1. The average molecular weight is 427 g/mol. The molecule has 0 saturated carbocycles. The van der Waals surface area contributed by atoms with Gasteiger partial charge in [0, 0.05) is 17.5 Å². The summed E-state index contributed by atoms with van der Waals surface area (Å²) < 4.78 is 23.7. The molecule has 7 nitrogen and oxygen atoms in total. The van der Waals surface area contributed by atoms with Crippen molar-refractivity contribution in [1.82, 2.24) is 0 Å². The maximum atomic E-state index is 13.5. The number of carbonyl (C=O) groups is 4. The van der Waals surface area contributed by atoms with Gasteiger partial charge >= 0.3 is 5.97 Å². The van der Waals surface area contributed by atoms with E-state index in [0.29, 0.717) is 17.0 Å². The molecule has 0 N–H and O–H groups in total. The maximum absolute atomic E-state index is 13.5. The quantitative estimate of drug-likeness (QED) is 0.475. The Morgan fingerprint density at radius 3 is 2.48 bits per heavy atom. The number of anilines is 1. The van der Waals surface area contributed by atoms with Gasteiger partial charge in [0.25, 0.3) is 5.91 Å². The van der Waals surface area contributed by atoms with E-state index in [1.54, 1.807) is 26.0 Å². The van der Waals surface area contributed by atoms with E-state index in [0.717, 1.165) is 0 Å². The SMILES string of the molecule is CCOC(=O)CCC(=O)c1ccc2c(c1)N(CC(=O)c1ccc(F)c(C)c1)C(=O)CO2. The van der Waals surface area contributed by atoms with Crippen LogP contribution in [0.15, 0.2) is 36.4 Å². The Morgan fingerprint density at radius 2 is 1.77 bits per heavy atom. The highest BCUT2D eigenvalue weighted by molar-refractivity contribution is 6.08. The van der Waals surface area contributed by atoms with Gasteiger partial charge in [0.15, 0.2) is 18.2 Å². The summed E-state index contributed by atoms with van der Waals surface area (Å²) in [7, 11) is 0. The molecule has 8 heteroatoms. The number of carbonyl (C=O) groups excluding carboxylic acids is 4. The van der Waals surface area contributed by atoms with Gasteiger partial charge in [-0.1, -0.05) is 0 Å². The van der Waals surface area contributed by atoms with Crippen LogP contribution in [0.3, 0.4) is 0 Å². The number of hydrogen-bond acceptors (Lipinski definition) is 6. The minimum atomic E-state index is -0.464. The minimum absolute atomic E-state index is 0.0415. The lowest BCUT2D eigenvalue weighted by molar-refractivity contribution is -0.143. The van der Waals surface area contributed by atoms with Crippen LogP contribution in [-0.2, 0) is 14.3 Å². The van der Waals surface area contributed by atoms with Crippen molar-refractivity contribution in [1.29, 1.82) is 0 Å². The van der Waals surface area contributed by atoms with Gasteiger partial charge in [0.1, 0.15) is 11.6 Å². The Kier molecular flexibility index (Phi) is 6.79. The van der Waals surface area contributed by atoms with Crippen LogP contribution in [0.25, 0.3) is 0 Å². The van der Waals surface area contributed by atoms with Crippen LogP contribution < -0.4 is 9.64 Å². The molecule has 1 aliphatic heterocycles. The van der Waals surface area contributed by atoms with Crippen molar-refractivity contribution in [3.05, 3.63) is 58.9 Å². The standard InChI is InChI=1S/C23H22FNO6/c1-3-30-23(29)9-7-19(26)16-5-8-21-18(11-16)25(22(28)13-31-21)12-20(27)15-4-6-17(24)14(2)10-15/h4-6,8,10-11H,3,7,9,12-13H2,1-2H3. The summed E-state index contributed by atoms with van der Waals surface area (Å²) in [6.07, 6.45) is -0.0917. The number of ketones is 2. The monoisotopic (exact) mass is 427 g/mol. The topological polar surface area (TPSA) is 90.0 Å². The Balaban J connectivity index is 1.81. The summed E-state index contributed by atoms with van der Waals surface area (Å²) >= 11 is 0. The summed E-state index contributed by atoms with van der Waals surface area (Å²) in [6.45, 7) is 2.96. The third kappa shape index (κ3) is 5.14. The molecule has 0 atom stereocenters. The van der Waals surface area contributed by atoms with E-state index in [-0.39, 0.29) is 55.3 Å². The van der Waals surface area contributed by atoms with E-state index < -0.39 is 17.7 Å². The smallest absolute Gasteiger partial charge is 0.306 e. The van der Waals surface area contributed by atoms with Crippen molar-refractivity contribution in [3.8, 4) is 5.75 Å². The lowest BCUT2D eigenvalue weighted by Crippen LogP contribution is -2.42. The van der Waals surface area contributed by atoms with Gasteiger partial charge in [-0.05, 0) is 55.8 Å². The molecule has 1 amide bonds.